The number of benzene rings is 1. The van der Waals surface area contributed by atoms with Gasteiger partial charge in [0, 0.05) is 11.6 Å². The van der Waals surface area contributed by atoms with Gasteiger partial charge < -0.3 is 5.32 Å². The molecule has 0 amide bonds. The third-order valence-electron chi connectivity index (χ3n) is 3.40. The third kappa shape index (κ3) is 4.22. The molecule has 3 nitrogen and oxygen atoms in total. The summed E-state index contributed by atoms with van der Waals surface area (Å²) in [6.07, 6.45) is 3.63. The highest BCUT2D eigenvalue weighted by molar-refractivity contribution is 6.31. The Labute approximate surface area is 136 Å². The van der Waals surface area contributed by atoms with Crippen LogP contribution in [0.2, 0.25) is 10.0 Å². The highest BCUT2D eigenvalue weighted by Crippen LogP contribution is 2.26. The van der Waals surface area contributed by atoms with Crippen LogP contribution in [0.3, 0.4) is 0 Å². The van der Waals surface area contributed by atoms with Gasteiger partial charge in [0.15, 0.2) is 0 Å². The Balaban J connectivity index is 2.26. The highest BCUT2D eigenvalue weighted by Gasteiger charge is 2.19. The number of aryl methyl sites for hydroxylation is 1. The Morgan fingerprint density at radius 2 is 1.90 bits per heavy atom. The first-order valence-electron chi connectivity index (χ1n) is 7.34. The molecule has 1 aromatic heterocycles. The van der Waals surface area contributed by atoms with Gasteiger partial charge in [-0.05, 0) is 37.1 Å². The maximum atomic E-state index is 6.36. The Kier molecular flexibility index (Phi) is 6.09. The zero-order chi connectivity index (χ0) is 15.2. The van der Waals surface area contributed by atoms with E-state index in [1.165, 1.54) is 5.56 Å². The number of nitrogens with zero attached hydrogens (tertiary/aromatic N) is 2. The molecule has 5 heteroatoms. The number of halogens is 2. The van der Waals surface area contributed by atoms with Crippen LogP contribution in [0, 0.1) is 0 Å². The van der Waals surface area contributed by atoms with Gasteiger partial charge in [0.05, 0.1) is 23.0 Å². The summed E-state index contributed by atoms with van der Waals surface area (Å²) in [6.45, 7) is 6.00. The minimum Gasteiger partial charge on any atom is -0.309 e. The predicted molar refractivity (Wildman–Crippen MR) is 89.1 cm³/mol. The smallest absolute Gasteiger partial charge is 0.0834 e. The second-order valence-corrected chi connectivity index (χ2v) is 5.89. The fourth-order valence-electron chi connectivity index (χ4n) is 2.48. The lowest BCUT2D eigenvalue weighted by molar-refractivity contribution is 0.478. The number of nitrogens with one attached hydrogen (secondary N) is 1. The topological polar surface area (TPSA) is 29.9 Å². The number of likely N-dealkylation sites (N-methyl/N-ethyl adjacent to an activating group) is 1. The Hall–Kier alpha value is -1.03. The van der Waals surface area contributed by atoms with Gasteiger partial charge in [-0.1, -0.05) is 49.2 Å². The van der Waals surface area contributed by atoms with Crippen LogP contribution in [0.15, 0.2) is 30.5 Å². The fraction of sp³-hybridized carbons (Fsp3) is 0.438. The molecule has 0 aliphatic rings. The highest BCUT2D eigenvalue weighted by atomic mass is 35.5. The van der Waals surface area contributed by atoms with Gasteiger partial charge in [0.1, 0.15) is 0 Å². The molecular weight excluding hydrogens is 305 g/mol. The second kappa shape index (κ2) is 7.83. The van der Waals surface area contributed by atoms with Crippen molar-refractivity contribution >= 4 is 23.2 Å². The van der Waals surface area contributed by atoms with Gasteiger partial charge in [-0.25, -0.2) is 0 Å². The second-order valence-electron chi connectivity index (χ2n) is 5.04. The molecule has 0 aliphatic heterocycles. The van der Waals surface area contributed by atoms with E-state index in [2.05, 4.69) is 36.4 Å². The molecule has 0 radical (unpaired) electrons. The SMILES string of the molecule is CCCn1ncc(Cl)c1C(Cc1ccc(Cl)cc1)NCC. The summed E-state index contributed by atoms with van der Waals surface area (Å²) in [7, 11) is 0. The van der Waals surface area contributed by atoms with E-state index < -0.39 is 0 Å². The van der Waals surface area contributed by atoms with Crippen molar-refractivity contribution in [3.8, 4) is 0 Å². The normalized spacial score (nSPS) is 12.6. The molecule has 0 saturated carbocycles. The predicted octanol–water partition coefficient (Wildman–Crippen LogP) is 4.49. The van der Waals surface area contributed by atoms with Crippen LogP contribution in [-0.2, 0) is 13.0 Å². The molecule has 2 aromatic rings. The van der Waals surface area contributed by atoms with Crippen molar-refractivity contribution < 1.29 is 0 Å². The van der Waals surface area contributed by atoms with E-state index >= 15 is 0 Å². The molecule has 0 spiro atoms. The zero-order valence-electron chi connectivity index (χ0n) is 12.4. The molecule has 0 saturated heterocycles. The van der Waals surface area contributed by atoms with Crippen LogP contribution >= 0.6 is 23.2 Å². The van der Waals surface area contributed by atoms with Gasteiger partial charge in [0.25, 0.3) is 0 Å². The van der Waals surface area contributed by atoms with E-state index in [-0.39, 0.29) is 6.04 Å². The summed E-state index contributed by atoms with van der Waals surface area (Å²) in [5, 5.41) is 9.38. The maximum Gasteiger partial charge on any atom is 0.0834 e. The van der Waals surface area contributed by atoms with Crippen LogP contribution in [0.1, 0.15) is 37.6 Å². The van der Waals surface area contributed by atoms with Gasteiger partial charge in [0.2, 0.25) is 0 Å². The molecule has 1 heterocycles. The molecule has 1 N–H and O–H groups in total. The zero-order valence-corrected chi connectivity index (χ0v) is 14.0. The molecule has 0 bridgehead atoms. The molecule has 21 heavy (non-hydrogen) atoms. The molecular formula is C16H21Cl2N3. The van der Waals surface area contributed by atoms with E-state index in [1.807, 2.05) is 16.8 Å². The Bertz CT molecular complexity index is 563. The summed E-state index contributed by atoms with van der Waals surface area (Å²) < 4.78 is 2.01. The van der Waals surface area contributed by atoms with Gasteiger partial charge in [-0.15, -0.1) is 0 Å². The first-order valence-corrected chi connectivity index (χ1v) is 8.10. The van der Waals surface area contributed by atoms with Crippen molar-refractivity contribution in [1.82, 2.24) is 15.1 Å². The van der Waals surface area contributed by atoms with Crippen molar-refractivity contribution in [2.75, 3.05) is 6.54 Å². The van der Waals surface area contributed by atoms with Crippen LogP contribution in [-0.4, -0.2) is 16.3 Å². The van der Waals surface area contributed by atoms with Crippen LogP contribution in [0.25, 0.3) is 0 Å². The molecule has 114 valence electrons. The van der Waals surface area contributed by atoms with Crippen LogP contribution in [0.5, 0.6) is 0 Å². The quantitative estimate of drug-likeness (QED) is 0.812. The third-order valence-corrected chi connectivity index (χ3v) is 3.95. The molecule has 1 aromatic carbocycles. The van der Waals surface area contributed by atoms with Crippen LogP contribution in [0.4, 0.5) is 0 Å². The van der Waals surface area contributed by atoms with Crippen molar-refractivity contribution in [3.05, 3.63) is 51.8 Å². The average Bonchev–Trinajstić information content (AvgIpc) is 2.82. The maximum absolute atomic E-state index is 6.36. The first-order chi connectivity index (χ1) is 10.2. The van der Waals surface area contributed by atoms with E-state index in [4.69, 9.17) is 23.2 Å². The lowest BCUT2D eigenvalue weighted by Gasteiger charge is -2.20. The minimum absolute atomic E-state index is 0.151. The summed E-state index contributed by atoms with van der Waals surface area (Å²) >= 11 is 12.3. The van der Waals surface area contributed by atoms with E-state index in [9.17, 15) is 0 Å². The first kappa shape index (κ1) is 16.3. The fourth-order valence-corrected chi connectivity index (χ4v) is 2.88. The minimum atomic E-state index is 0.151. The van der Waals surface area contributed by atoms with Crippen molar-refractivity contribution in [2.24, 2.45) is 0 Å². The van der Waals surface area contributed by atoms with Crippen LogP contribution < -0.4 is 5.32 Å². The largest absolute Gasteiger partial charge is 0.309 e. The molecule has 0 fully saturated rings. The number of hydrogen-bond acceptors (Lipinski definition) is 2. The lowest BCUT2D eigenvalue weighted by atomic mass is 10.0. The molecule has 2 rings (SSSR count). The van der Waals surface area contributed by atoms with Crippen molar-refractivity contribution in [2.45, 2.75) is 39.3 Å². The lowest BCUT2D eigenvalue weighted by Crippen LogP contribution is -2.26. The molecule has 0 aliphatic carbocycles. The summed E-state index contributed by atoms with van der Waals surface area (Å²) in [4.78, 5) is 0. The number of hydrogen-bond donors (Lipinski definition) is 1. The van der Waals surface area contributed by atoms with Crippen molar-refractivity contribution in [3.63, 3.8) is 0 Å². The summed E-state index contributed by atoms with van der Waals surface area (Å²) in [5.41, 5.74) is 2.29. The molecule has 1 unspecified atom stereocenters. The van der Waals surface area contributed by atoms with E-state index in [0.717, 1.165) is 41.7 Å². The number of rotatable bonds is 7. The average molecular weight is 326 g/mol. The van der Waals surface area contributed by atoms with Gasteiger partial charge in [-0.3, -0.25) is 4.68 Å². The molecule has 1 atom stereocenters. The van der Waals surface area contributed by atoms with E-state index in [1.54, 1.807) is 6.20 Å². The number of aromatic nitrogens is 2. The van der Waals surface area contributed by atoms with Crippen molar-refractivity contribution in [1.29, 1.82) is 0 Å². The Morgan fingerprint density at radius 1 is 1.19 bits per heavy atom. The van der Waals surface area contributed by atoms with E-state index in [0.29, 0.717) is 0 Å². The van der Waals surface area contributed by atoms with Gasteiger partial charge in [-0.2, -0.15) is 5.10 Å². The summed E-state index contributed by atoms with van der Waals surface area (Å²) in [6, 6.07) is 8.11. The monoisotopic (exact) mass is 325 g/mol. The standard InChI is InChI=1S/C16H21Cl2N3/c1-3-9-21-16(14(18)11-20-21)15(19-4-2)10-12-5-7-13(17)8-6-12/h5-8,11,15,19H,3-4,9-10H2,1-2H3. The Morgan fingerprint density at radius 3 is 2.52 bits per heavy atom. The summed E-state index contributed by atoms with van der Waals surface area (Å²) in [5.74, 6) is 0. The van der Waals surface area contributed by atoms with Gasteiger partial charge >= 0.3 is 0 Å².